The summed E-state index contributed by atoms with van der Waals surface area (Å²) in [6.45, 7) is 6.68. The minimum atomic E-state index is -3.55. The molecule has 0 amide bonds. The Kier molecular flexibility index (Phi) is 5.92. The van der Waals surface area contributed by atoms with Gasteiger partial charge < -0.3 is 10.1 Å². The van der Waals surface area contributed by atoms with Crippen LogP contribution in [0.15, 0.2) is 23.2 Å². The molecule has 2 rings (SSSR count). The van der Waals surface area contributed by atoms with E-state index in [0.717, 1.165) is 13.1 Å². The first-order valence-corrected chi connectivity index (χ1v) is 8.60. The molecule has 2 N–H and O–H groups in total. The van der Waals surface area contributed by atoms with Crippen LogP contribution in [0.25, 0.3) is 0 Å². The van der Waals surface area contributed by atoms with Gasteiger partial charge in [0.25, 0.3) is 0 Å². The number of hydrogen-bond acceptors (Lipinski definition) is 6. The quantitative estimate of drug-likeness (QED) is 0.744. The summed E-state index contributed by atoms with van der Waals surface area (Å²) in [5.74, 6) is 0.388. The number of pyridine rings is 1. The van der Waals surface area contributed by atoms with E-state index in [1.54, 1.807) is 18.3 Å². The molecule has 0 unspecified atom stereocenters. The Hall–Kier alpha value is -1.22. The Balaban J connectivity index is 1.94. The molecule has 7 nitrogen and oxygen atoms in total. The van der Waals surface area contributed by atoms with Gasteiger partial charge in [0.05, 0.1) is 13.2 Å². The van der Waals surface area contributed by atoms with Gasteiger partial charge in [-0.1, -0.05) is 0 Å². The van der Waals surface area contributed by atoms with Gasteiger partial charge in [-0.3, -0.25) is 4.90 Å². The van der Waals surface area contributed by atoms with Crippen LogP contribution in [0, 0.1) is 0 Å². The Bertz CT molecular complexity index is 544. The Labute approximate surface area is 125 Å². The van der Waals surface area contributed by atoms with Crippen molar-refractivity contribution in [1.29, 1.82) is 0 Å². The van der Waals surface area contributed by atoms with E-state index < -0.39 is 10.0 Å². The zero-order valence-corrected chi connectivity index (χ0v) is 13.0. The number of rotatable bonds is 7. The fourth-order valence-corrected chi connectivity index (χ4v) is 3.30. The summed E-state index contributed by atoms with van der Waals surface area (Å²) in [6.07, 6.45) is 1.57. The number of nitrogens with one attached hydrogen (secondary N) is 2. The molecular weight excluding hydrogens is 292 g/mol. The molecule has 0 bridgehead atoms. The highest BCUT2D eigenvalue weighted by atomic mass is 32.2. The highest BCUT2D eigenvalue weighted by Crippen LogP contribution is 2.17. The largest absolute Gasteiger partial charge is 0.379 e. The van der Waals surface area contributed by atoms with Crippen molar-refractivity contribution in [2.24, 2.45) is 0 Å². The SMILES string of the molecule is CCNc1ncccc1S(=O)(=O)NCCN1CCOCC1. The third kappa shape index (κ3) is 4.63. The summed E-state index contributed by atoms with van der Waals surface area (Å²) in [6, 6.07) is 3.18. The number of ether oxygens (including phenoxy) is 1. The zero-order chi connectivity index (χ0) is 15.1. The fourth-order valence-electron chi connectivity index (χ4n) is 2.15. The average molecular weight is 314 g/mol. The van der Waals surface area contributed by atoms with Crippen molar-refractivity contribution in [3.8, 4) is 0 Å². The van der Waals surface area contributed by atoms with Gasteiger partial charge in [-0.2, -0.15) is 0 Å². The third-order valence-corrected chi connectivity index (χ3v) is 4.72. The number of aromatic nitrogens is 1. The van der Waals surface area contributed by atoms with Crippen LogP contribution >= 0.6 is 0 Å². The van der Waals surface area contributed by atoms with Crippen molar-refractivity contribution < 1.29 is 13.2 Å². The smallest absolute Gasteiger partial charge is 0.244 e. The van der Waals surface area contributed by atoms with Crippen molar-refractivity contribution in [3.63, 3.8) is 0 Å². The normalized spacial score (nSPS) is 16.8. The molecule has 1 aliphatic rings. The first kappa shape index (κ1) is 16.2. The molecule has 2 heterocycles. The van der Waals surface area contributed by atoms with Gasteiger partial charge in [0.2, 0.25) is 10.0 Å². The predicted octanol–water partition coefficient (Wildman–Crippen LogP) is 0.124. The Morgan fingerprint density at radius 2 is 2.14 bits per heavy atom. The number of sulfonamides is 1. The molecule has 0 spiro atoms. The predicted molar refractivity (Wildman–Crippen MR) is 80.8 cm³/mol. The van der Waals surface area contributed by atoms with E-state index in [2.05, 4.69) is 19.9 Å². The number of morpholine rings is 1. The lowest BCUT2D eigenvalue weighted by Crippen LogP contribution is -2.41. The van der Waals surface area contributed by atoms with Crippen molar-refractivity contribution >= 4 is 15.8 Å². The summed E-state index contributed by atoms with van der Waals surface area (Å²) < 4.78 is 32.6. The highest BCUT2D eigenvalue weighted by molar-refractivity contribution is 7.89. The molecule has 1 aliphatic heterocycles. The van der Waals surface area contributed by atoms with Crippen LogP contribution in [0.5, 0.6) is 0 Å². The second kappa shape index (κ2) is 7.69. The van der Waals surface area contributed by atoms with E-state index in [9.17, 15) is 8.42 Å². The van der Waals surface area contributed by atoms with Crippen LogP contribution in [0.4, 0.5) is 5.82 Å². The lowest BCUT2D eigenvalue weighted by atomic mass is 10.4. The molecule has 0 atom stereocenters. The van der Waals surface area contributed by atoms with Gasteiger partial charge in [-0.25, -0.2) is 18.1 Å². The lowest BCUT2D eigenvalue weighted by molar-refractivity contribution is 0.0390. The van der Waals surface area contributed by atoms with Crippen molar-refractivity contribution in [3.05, 3.63) is 18.3 Å². The summed E-state index contributed by atoms with van der Waals surface area (Å²) in [5.41, 5.74) is 0. The summed E-state index contributed by atoms with van der Waals surface area (Å²) in [7, 11) is -3.55. The monoisotopic (exact) mass is 314 g/mol. The summed E-state index contributed by atoms with van der Waals surface area (Å²) in [5, 5.41) is 2.96. The number of hydrogen-bond donors (Lipinski definition) is 2. The minimum absolute atomic E-state index is 0.189. The molecule has 118 valence electrons. The molecule has 0 saturated carbocycles. The number of anilines is 1. The van der Waals surface area contributed by atoms with Crippen LogP contribution in [-0.4, -0.2) is 64.2 Å². The van der Waals surface area contributed by atoms with E-state index >= 15 is 0 Å². The molecule has 21 heavy (non-hydrogen) atoms. The maximum atomic E-state index is 12.3. The summed E-state index contributed by atoms with van der Waals surface area (Å²) >= 11 is 0. The van der Waals surface area contributed by atoms with Gasteiger partial charge in [0, 0.05) is 38.9 Å². The van der Waals surface area contributed by atoms with E-state index in [1.807, 2.05) is 6.92 Å². The standard InChI is InChI=1S/C13H22N4O3S/c1-2-14-13-12(4-3-5-15-13)21(18,19)16-6-7-17-8-10-20-11-9-17/h3-5,16H,2,6-11H2,1H3,(H,14,15). The topological polar surface area (TPSA) is 83.6 Å². The molecular formula is C13H22N4O3S. The molecule has 1 saturated heterocycles. The maximum Gasteiger partial charge on any atom is 0.244 e. The third-order valence-electron chi connectivity index (χ3n) is 3.23. The number of nitrogens with zero attached hydrogens (tertiary/aromatic N) is 2. The van der Waals surface area contributed by atoms with Gasteiger partial charge in [-0.05, 0) is 19.1 Å². The van der Waals surface area contributed by atoms with Crippen molar-refractivity contribution in [2.75, 3.05) is 51.3 Å². The van der Waals surface area contributed by atoms with E-state index in [-0.39, 0.29) is 4.90 Å². The van der Waals surface area contributed by atoms with E-state index in [0.29, 0.717) is 38.7 Å². The van der Waals surface area contributed by atoms with Crippen LogP contribution in [0.3, 0.4) is 0 Å². The van der Waals surface area contributed by atoms with Gasteiger partial charge in [0.1, 0.15) is 10.7 Å². The van der Waals surface area contributed by atoms with Crippen LogP contribution in [0.1, 0.15) is 6.92 Å². The lowest BCUT2D eigenvalue weighted by Gasteiger charge is -2.26. The van der Waals surface area contributed by atoms with E-state index in [1.165, 1.54) is 0 Å². The van der Waals surface area contributed by atoms with Crippen LogP contribution in [-0.2, 0) is 14.8 Å². The van der Waals surface area contributed by atoms with Crippen LogP contribution < -0.4 is 10.0 Å². The molecule has 1 aromatic heterocycles. The van der Waals surface area contributed by atoms with Crippen LogP contribution in [0.2, 0.25) is 0 Å². The second-order valence-electron chi connectivity index (χ2n) is 4.73. The Morgan fingerprint density at radius 3 is 2.86 bits per heavy atom. The van der Waals surface area contributed by atoms with E-state index in [4.69, 9.17) is 4.74 Å². The second-order valence-corrected chi connectivity index (χ2v) is 6.47. The van der Waals surface area contributed by atoms with Gasteiger partial charge >= 0.3 is 0 Å². The first-order valence-electron chi connectivity index (χ1n) is 7.12. The minimum Gasteiger partial charge on any atom is -0.379 e. The molecule has 0 aromatic carbocycles. The highest BCUT2D eigenvalue weighted by Gasteiger charge is 2.19. The maximum absolute atomic E-state index is 12.3. The van der Waals surface area contributed by atoms with Gasteiger partial charge in [0.15, 0.2) is 0 Å². The zero-order valence-electron chi connectivity index (χ0n) is 12.2. The molecule has 0 aliphatic carbocycles. The van der Waals surface area contributed by atoms with Crippen molar-refractivity contribution in [1.82, 2.24) is 14.6 Å². The fraction of sp³-hybridized carbons (Fsp3) is 0.615. The van der Waals surface area contributed by atoms with Gasteiger partial charge in [-0.15, -0.1) is 0 Å². The average Bonchev–Trinajstić information content (AvgIpc) is 2.49. The molecule has 0 radical (unpaired) electrons. The Morgan fingerprint density at radius 1 is 1.38 bits per heavy atom. The van der Waals surface area contributed by atoms with Crippen molar-refractivity contribution in [2.45, 2.75) is 11.8 Å². The summed E-state index contributed by atoms with van der Waals surface area (Å²) in [4.78, 5) is 6.45. The molecule has 1 aromatic rings. The first-order chi connectivity index (χ1) is 10.1. The molecule has 1 fully saturated rings. The molecule has 8 heteroatoms.